The maximum absolute atomic E-state index is 12.9. The standard InChI is InChI=1S/C10H11FN2O/c1-6-9(12)10(14)13(6)8-4-2-3-7(11)5-8/h2-6,9H,12H2,1H3/t6-,9-/m1/s1. The normalized spacial score (nSPS) is 26.2. The van der Waals surface area contributed by atoms with Crippen LogP contribution in [0, 0.1) is 5.82 Å². The summed E-state index contributed by atoms with van der Waals surface area (Å²) in [6, 6.07) is 5.46. The molecule has 1 heterocycles. The smallest absolute Gasteiger partial charge is 0.246 e. The van der Waals surface area contributed by atoms with Crippen LogP contribution in [0.5, 0.6) is 0 Å². The van der Waals surface area contributed by atoms with Crippen LogP contribution >= 0.6 is 0 Å². The van der Waals surface area contributed by atoms with Crippen molar-refractivity contribution in [1.82, 2.24) is 0 Å². The highest BCUT2D eigenvalue weighted by Gasteiger charge is 2.42. The van der Waals surface area contributed by atoms with Gasteiger partial charge in [0.2, 0.25) is 5.91 Å². The Morgan fingerprint density at radius 3 is 2.79 bits per heavy atom. The quantitative estimate of drug-likeness (QED) is 0.675. The molecule has 2 rings (SSSR count). The molecule has 2 N–H and O–H groups in total. The lowest BCUT2D eigenvalue weighted by Crippen LogP contribution is -2.67. The molecule has 1 amide bonds. The lowest BCUT2D eigenvalue weighted by atomic mass is 9.97. The number of anilines is 1. The van der Waals surface area contributed by atoms with E-state index in [-0.39, 0.29) is 17.8 Å². The van der Waals surface area contributed by atoms with Gasteiger partial charge in [-0.2, -0.15) is 0 Å². The maximum Gasteiger partial charge on any atom is 0.246 e. The SMILES string of the molecule is C[C@@H]1[C@@H](N)C(=O)N1c1cccc(F)c1. The van der Waals surface area contributed by atoms with Crippen LogP contribution in [0.2, 0.25) is 0 Å². The van der Waals surface area contributed by atoms with Gasteiger partial charge in [0.25, 0.3) is 0 Å². The first kappa shape index (κ1) is 9.15. The number of halogens is 1. The molecule has 0 aliphatic carbocycles. The van der Waals surface area contributed by atoms with Crippen molar-refractivity contribution in [3.8, 4) is 0 Å². The van der Waals surface area contributed by atoms with E-state index in [0.29, 0.717) is 5.69 Å². The number of rotatable bonds is 1. The Balaban J connectivity index is 2.29. The zero-order valence-electron chi connectivity index (χ0n) is 7.77. The van der Waals surface area contributed by atoms with Crippen LogP contribution < -0.4 is 10.6 Å². The fourth-order valence-corrected chi connectivity index (χ4v) is 1.63. The Morgan fingerprint density at radius 1 is 1.50 bits per heavy atom. The molecule has 1 aromatic carbocycles. The molecule has 1 aliphatic heterocycles. The van der Waals surface area contributed by atoms with Crippen LogP contribution in [0.3, 0.4) is 0 Å². The summed E-state index contributed by atoms with van der Waals surface area (Å²) in [6.07, 6.45) is 0. The topological polar surface area (TPSA) is 46.3 Å². The van der Waals surface area contributed by atoms with Gasteiger partial charge in [0.15, 0.2) is 0 Å². The molecule has 2 atom stereocenters. The molecular formula is C10H11FN2O. The molecule has 0 radical (unpaired) electrons. The summed E-state index contributed by atoms with van der Waals surface area (Å²) in [5.41, 5.74) is 6.12. The average molecular weight is 194 g/mol. The van der Waals surface area contributed by atoms with Gasteiger partial charge in [0.05, 0.1) is 6.04 Å². The van der Waals surface area contributed by atoms with Crippen LogP contribution in [0.1, 0.15) is 6.92 Å². The molecule has 1 aromatic rings. The number of amides is 1. The molecule has 1 aliphatic rings. The molecular weight excluding hydrogens is 183 g/mol. The largest absolute Gasteiger partial charge is 0.318 e. The molecule has 1 saturated heterocycles. The number of nitrogens with zero attached hydrogens (tertiary/aromatic N) is 1. The van der Waals surface area contributed by atoms with E-state index in [0.717, 1.165) is 0 Å². The summed E-state index contributed by atoms with van der Waals surface area (Å²) >= 11 is 0. The van der Waals surface area contributed by atoms with Crippen LogP contribution in [-0.2, 0) is 4.79 Å². The van der Waals surface area contributed by atoms with Crippen molar-refractivity contribution in [2.75, 3.05) is 4.90 Å². The van der Waals surface area contributed by atoms with Gasteiger partial charge >= 0.3 is 0 Å². The summed E-state index contributed by atoms with van der Waals surface area (Å²) < 4.78 is 12.9. The predicted octanol–water partition coefficient (Wildman–Crippen LogP) is 0.888. The number of β-lactam (4-membered cyclic amide) rings is 1. The van der Waals surface area contributed by atoms with Crippen molar-refractivity contribution in [3.05, 3.63) is 30.1 Å². The van der Waals surface area contributed by atoms with Crippen molar-refractivity contribution in [1.29, 1.82) is 0 Å². The van der Waals surface area contributed by atoms with E-state index in [1.165, 1.54) is 17.0 Å². The molecule has 0 saturated carbocycles. The van der Waals surface area contributed by atoms with Gasteiger partial charge in [-0.05, 0) is 25.1 Å². The zero-order valence-corrected chi connectivity index (χ0v) is 7.77. The highest BCUT2D eigenvalue weighted by molar-refractivity contribution is 6.05. The third-order valence-corrected chi connectivity index (χ3v) is 2.54. The van der Waals surface area contributed by atoms with Crippen LogP contribution in [0.4, 0.5) is 10.1 Å². The van der Waals surface area contributed by atoms with Gasteiger partial charge in [0.1, 0.15) is 11.9 Å². The second-order valence-electron chi connectivity index (χ2n) is 3.45. The Labute approximate surface area is 81.3 Å². The summed E-state index contributed by atoms with van der Waals surface area (Å²) in [6.45, 7) is 1.84. The van der Waals surface area contributed by atoms with E-state index in [1.807, 2.05) is 6.92 Å². The molecule has 74 valence electrons. The first-order valence-corrected chi connectivity index (χ1v) is 4.45. The molecule has 0 aromatic heterocycles. The summed E-state index contributed by atoms with van der Waals surface area (Å²) in [7, 11) is 0. The highest BCUT2D eigenvalue weighted by atomic mass is 19.1. The zero-order chi connectivity index (χ0) is 10.3. The molecule has 4 heteroatoms. The van der Waals surface area contributed by atoms with Gasteiger partial charge in [-0.1, -0.05) is 6.07 Å². The highest BCUT2D eigenvalue weighted by Crippen LogP contribution is 2.26. The van der Waals surface area contributed by atoms with Gasteiger partial charge in [-0.25, -0.2) is 4.39 Å². The van der Waals surface area contributed by atoms with E-state index in [1.54, 1.807) is 12.1 Å². The monoisotopic (exact) mass is 194 g/mol. The second-order valence-corrected chi connectivity index (χ2v) is 3.45. The first-order valence-electron chi connectivity index (χ1n) is 4.45. The van der Waals surface area contributed by atoms with Gasteiger partial charge in [0, 0.05) is 5.69 Å². The lowest BCUT2D eigenvalue weighted by Gasteiger charge is -2.43. The van der Waals surface area contributed by atoms with Crippen LogP contribution in [0.15, 0.2) is 24.3 Å². The van der Waals surface area contributed by atoms with Crippen LogP contribution in [-0.4, -0.2) is 18.0 Å². The van der Waals surface area contributed by atoms with Crippen molar-refractivity contribution in [3.63, 3.8) is 0 Å². The third-order valence-electron chi connectivity index (χ3n) is 2.54. The van der Waals surface area contributed by atoms with Crippen molar-refractivity contribution >= 4 is 11.6 Å². The maximum atomic E-state index is 12.9. The Kier molecular flexibility index (Phi) is 2.00. The Hall–Kier alpha value is -1.42. The van der Waals surface area contributed by atoms with E-state index in [2.05, 4.69) is 0 Å². The summed E-state index contributed by atoms with van der Waals surface area (Å²) in [4.78, 5) is 12.9. The number of hydrogen-bond acceptors (Lipinski definition) is 2. The minimum absolute atomic E-state index is 0.0516. The molecule has 14 heavy (non-hydrogen) atoms. The summed E-state index contributed by atoms with van der Waals surface area (Å²) in [5.74, 6) is -0.494. The molecule has 1 fully saturated rings. The number of carbonyl (C=O) groups is 1. The fourth-order valence-electron chi connectivity index (χ4n) is 1.63. The van der Waals surface area contributed by atoms with Gasteiger partial charge in [-0.15, -0.1) is 0 Å². The number of benzene rings is 1. The van der Waals surface area contributed by atoms with Crippen molar-refractivity contribution in [2.45, 2.75) is 19.0 Å². The molecule has 0 unspecified atom stereocenters. The fraction of sp³-hybridized carbons (Fsp3) is 0.300. The lowest BCUT2D eigenvalue weighted by molar-refractivity contribution is -0.125. The Bertz CT molecular complexity index is 380. The molecule has 0 bridgehead atoms. The minimum Gasteiger partial charge on any atom is -0.318 e. The number of nitrogens with two attached hydrogens (primary N) is 1. The van der Waals surface area contributed by atoms with Crippen molar-refractivity contribution in [2.24, 2.45) is 5.73 Å². The minimum atomic E-state index is -0.446. The van der Waals surface area contributed by atoms with E-state index in [9.17, 15) is 9.18 Å². The van der Waals surface area contributed by atoms with Gasteiger partial charge in [-0.3, -0.25) is 4.79 Å². The predicted molar refractivity (Wildman–Crippen MR) is 51.3 cm³/mol. The van der Waals surface area contributed by atoms with E-state index >= 15 is 0 Å². The van der Waals surface area contributed by atoms with Crippen LogP contribution in [0.25, 0.3) is 0 Å². The van der Waals surface area contributed by atoms with E-state index in [4.69, 9.17) is 5.73 Å². The number of hydrogen-bond donors (Lipinski definition) is 1. The van der Waals surface area contributed by atoms with Gasteiger partial charge < -0.3 is 10.6 Å². The Morgan fingerprint density at radius 2 is 2.21 bits per heavy atom. The third kappa shape index (κ3) is 1.19. The first-order chi connectivity index (χ1) is 6.61. The second kappa shape index (κ2) is 3.06. The molecule has 3 nitrogen and oxygen atoms in total. The van der Waals surface area contributed by atoms with E-state index < -0.39 is 6.04 Å². The number of carbonyl (C=O) groups excluding carboxylic acids is 1. The average Bonchev–Trinajstić information content (AvgIpc) is 2.18. The summed E-state index contributed by atoms with van der Waals surface area (Å²) in [5, 5.41) is 0. The van der Waals surface area contributed by atoms with Crippen molar-refractivity contribution < 1.29 is 9.18 Å². The molecule has 0 spiro atoms.